The molecule has 82 valence electrons. The van der Waals surface area contributed by atoms with Gasteiger partial charge in [0.2, 0.25) is 10.0 Å². The molecule has 0 unspecified atom stereocenters. The summed E-state index contributed by atoms with van der Waals surface area (Å²) in [4.78, 5) is -0.0330. The van der Waals surface area contributed by atoms with Crippen molar-refractivity contribution in [2.75, 3.05) is 13.1 Å². The van der Waals surface area contributed by atoms with Crippen LogP contribution in [0.5, 0.6) is 0 Å². The molecule has 1 saturated heterocycles. The molecular formula is C9H11FN2O2S. The number of nitrogens with one attached hydrogen (secondary N) is 2. The van der Waals surface area contributed by atoms with Crippen LogP contribution in [0.3, 0.4) is 0 Å². The first-order valence-corrected chi connectivity index (χ1v) is 6.05. The molecule has 1 fully saturated rings. The summed E-state index contributed by atoms with van der Waals surface area (Å²) in [6.07, 6.45) is 0. The Morgan fingerprint density at radius 1 is 1.40 bits per heavy atom. The van der Waals surface area contributed by atoms with Crippen LogP contribution in [-0.2, 0) is 10.0 Å². The van der Waals surface area contributed by atoms with E-state index in [9.17, 15) is 12.8 Å². The van der Waals surface area contributed by atoms with Gasteiger partial charge in [0.05, 0.1) is 4.90 Å². The van der Waals surface area contributed by atoms with Crippen LogP contribution in [-0.4, -0.2) is 27.5 Å². The highest BCUT2D eigenvalue weighted by molar-refractivity contribution is 7.89. The zero-order chi connectivity index (χ0) is 10.9. The van der Waals surface area contributed by atoms with E-state index in [1.54, 1.807) is 0 Å². The van der Waals surface area contributed by atoms with Gasteiger partial charge in [0.1, 0.15) is 5.82 Å². The first kappa shape index (κ1) is 10.5. The molecule has 0 amide bonds. The van der Waals surface area contributed by atoms with E-state index in [2.05, 4.69) is 10.0 Å². The first-order valence-electron chi connectivity index (χ1n) is 4.56. The molecule has 0 aromatic heterocycles. The van der Waals surface area contributed by atoms with Crippen molar-refractivity contribution in [1.29, 1.82) is 0 Å². The van der Waals surface area contributed by atoms with E-state index in [0.29, 0.717) is 13.1 Å². The van der Waals surface area contributed by atoms with Crippen molar-refractivity contribution in [3.05, 3.63) is 30.1 Å². The lowest BCUT2D eigenvalue weighted by Crippen LogP contribution is -2.56. The maximum Gasteiger partial charge on any atom is 0.241 e. The summed E-state index contributed by atoms with van der Waals surface area (Å²) in [5.74, 6) is -0.551. The number of rotatable bonds is 3. The summed E-state index contributed by atoms with van der Waals surface area (Å²) >= 11 is 0. The smallest absolute Gasteiger partial charge is 0.241 e. The SMILES string of the molecule is O=S(=O)(NC1CNC1)c1cccc(F)c1. The maximum atomic E-state index is 12.8. The molecule has 1 aromatic rings. The van der Waals surface area contributed by atoms with Gasteiger partial charge in [-0.15, -0.1) is 0 Å². The zero-order valence-corrected chi connectivity index (χ0v) is 8.72. The third-order valence-corrected chi connectivity index (χ3v) is 3.73. The molecule has 0 bridgehead atoms. The van der Waals surface area contributed by atoms with E-state index in [4.69, 9.17) is 0 Å². The van der Waals surface area contributed by atoms with Crippen LogP contribution in [0.2, 0.25) is 0 Å². The summed E-state index contributed by atoms with van der Waals surface area (Å²) in [5.41, 5.74) is 0. The fourth-order valence-electron chi connectivity index (χ4n) is 1.29. The predicted octanol–water partition coefficient (Wildman–Crippen LogP) is 0.0758. The van der Waals surface area contributed by atoms with E-state index in [1.165, 1.54) is 18.2 Å². The van der Waals surface area contributed by atoms with Crippen molar-refractivity contribution in [2.24, 2.45) is 0 Å². The molecule has 0 aliphatic carbocycles. The highest BCUT2D eigenvalue weighted by atomic mass is 32.2. The lowest BCUT2D eigenvalue weighted by molar-refractivity contribution is 0.410. The van der Waals surface area contributed by atoms with Crippen LogP contribution in [0.15, 0.2) is 29.2 Å². The van der Waals surface area contributed by atoms with Crippen molar-refractivity contribution in [3.8, 4) is 0 Å². The minimum Gasteiger partial charge on any atom is -0.313 e. The van der Waals surface area contributed by atoms with Crippen molar-refractivity contribution >= 4 is 10.0 Å². The number of hydrogen-bond acceptors (Lipinski definition) is 3. The molecular weight excluding hydrogens is 219 g/mol. The topological polar surface area (TPSA) is 58.2 Å². The molecule has 0 spiro atoms. The largest absolute Gasteiger partial charge is 0.313 e. The third-order valence-electron chi connectivity index (χ3n) is 2.21. The van der Waals surface area contributed by atoms with E-state index < -0.39 is 15.8 Å². The van der Waals surface area contributed by atoms with Crippen LogP contribution in [0.1, 0.15) is 0 Å². The van der Waals surface area contributed by atoms with Crippen molar-refractivity contribution in [1.82, 2.24) is 10.0 Å². The summed E-state index contributed by atoms with van der Waals surface area (Å²) in [6, 6.07) is 4.89. The molecule has 2 N–H and O–H groups in total. The van der Waals surface area contributed by atoms with Crippen LogP contribution in [0.4, 0.5) is 4.39 Å². The molecule has 1 aromatic carbocycles. The van der Waals surface area contributed by atoms with Gasteiger partial charge in [-0.25, -0.2) is 17.5 Å². The lowest BCUT2D eigenvalue weighted by Gasteiger charge is -2.27. The minimum absolute atomic E-state index is 0.0330. The molecule has 1 aliphatic heterocycles. The summed E-state index contributed by atoms with van der Waals surface area (Å²) in [5, 5.41) is 2.95. The average Bonchev–Trinajstić information content (AvgIpc) is 2.12. The molecule has 0 atom stereocenters. The van der Waals surface area contributed by atoms with E-state index in [1.807, 2.05) is 0 Å². The molecule has 1 heterocycles. The highest BCUT2D eigenvalue weighted by Gasteiger charge is 2.24. The van der Waals surface area contributed by atoms with Gasteiger partial charge in [-0.3, -0.25) is 0 Å². The molecule has 0 radical (unpaired) electrons. The van der Waals surface area contributed by atoms with Crippen LogP contribution >= 0.6 is 0 Å². The van der Waals surface area contributed by atoms with E-state index in [0.717, 1.165) is 6.07 Å². The number of halogens is 1. The van der Waals surface area contributed by atoms with Crippen molar-refractivity contribution in [3.63, 3.8) is 0 Å². The summed E-state index contributed by atoms with van der Waals surface area (Å²) < 4.78 is 38.7. The quantitative estimate of drug-likeness (QED) is 0.773. The standard InChI is InChI=1S/C9H11FN2O2S/c10-7-2-1-3-9(4-7)15(13,14)12-8-5-11-6-8/h1-4,8,11-12H,5-6H2. The van der Waals surface area contributed by atoms with Crippen molar-refractivity contribution in [2.45, 2.75) is 10.9 Å². The monoisotopic (exact) mass is 230 g/mol. The molecule has 0 saturated carbocycles. The second-order valence-electron chi connectivity index (χ2n) is 3.43. The molecule has 15 heavy (non-hydrogen) atoms. The van der Waals surface area contributed by atoms with Crippen LogP contribution < -0.4 is 10.0 Å². The van der Waals surface area contributed by atoms with Gasteiger partial charge < -0.3 is 5.32 Å². The third kappa shape index (κ3) is 2.34. The van der Waals surface area contributed by atoms with E-state index in [-0.39, 0.29) is 10.9 Å². The summed E-state index contributed by atoms with van der Waals surface area (Å²) in [6.45, 7) is 1.24. The zero-order valence-electron chi connectivity index (χ0n) is 7.90. The highest BCUT2D eigenvalue weighted by Crippen LogP contribution is 2.11. The van der Waals surface area contributed by atoms with Crippen LogP contribution in [0, 0.1) is 5.82 Å². The Morgan fingerprint density at radius 2 is 2.13 bits per heavy atom. The molecule has 6 heteroatoms. The molecule has 4 nitrogen and oxygen atoms in total. The Hall–Kier alpha value is -0.980. The fourth-order valence-corrected chi connectivity index (χ4v) is 2.56. The maximum absolute atomic E-state index is 12.8. The van der Waals surface area contributed by atoms with Crippen molar-refractivity contribution < 1.29 is 12.8 Å². The normalized spacial score (nSPS) is 17.4. The second-order valence-corrected chi connectivity index (χ2v) is 5.15. The van der Waals surface area contributed by atoms with Gasteiger partial charge in [-0.1, -0.05) is 6.07 Å². The Bertz CT molecular complexity index is 457. The van der Waals surface area contributed by atoms with Gasteiger partial charge in [0, 0.05) is 19.1 Å². The fraction of sp³-hybridized carbons (Fsp3) is 0.333. The molecule has 2 rings (SSSR count). The lowest BCUT2D eigenvalue weighted by atomic mass is 10.2. The Labute approximate surface area is 87.5 Å². The number of sulfonamides is 1. The van der Waals surface area contributed by atoms with Gasteiger partial charge in [0.25, 0.3) is 0 Å². The molecule has 1 aliphatic rings. The van der Waals surface area contributed by atoms with Gasteiger partial charge in [-0.2, -0.15) is 0 Å². The van der Waals surface area contributed by atoms with Gasteiger partial charge in [-0.05, 0) is 18.2 Å². The van der Waals surface area contributed by atoms with Crippen LogP contribution in [0.25, 0.3) is 0 Å². The Kier molecular flexibility index (Phi) is 2.72. The van der Waals surface area contributed by atoms with Gasteiger partial charge >= 0.3 is 0 Å². The van der Waals surface area contributed by atoms with Gasteiger partial charge in [0.15, 0.2) is 0 Å². The second kappa shape index (κ2) is 3.88. The first-order chi connectivity index (χ1) is 7.08. The summed E-state index contributed by atoms with van der Waals surface area (Å²) in [7, 11) is -3.57. The Balaban J connectivity index is 2.20. The Morgan fingerprint density at radius 3 is 2.67 bits per heavy atom. The van der Waals surface area contributed by atoms with E-state index >= 15 is 0 Å². The average molecular weight is 230 g/mol. The number of hydrogen-bond donors (Lipinski definition) is 2. The predicted molar refractivity (Wildman–Crippen MR) is 53.4 cm³/mol. The number of benzene rings is 1. The minimum atomic E-state index is -3.57.